The van der Waals surface area contributed by atoms with Crippen LogP contribution in [0.3, 0.4) is 0 Å². The van der Waals surface area contributed by atoms with Gasteiger partial charge in [0.1, 0.15) is 6.29 Å². The zero-order valence-electron chi connectivity index (χ0n) is 7.79. The van der Waals surface area contributed by atoms with E-state index in [9.17, 15) is 9.90 Å². The summed E-state index contributed by atoms with van der Waals surface area (Å²) in [6.07, 6.45) is 1.18. The van der Waals surface area contributed by atoms with Gasteiger partial charge in [0.2, 0.25) is 0 Å². The molecule has 0 atom stereocenters. The topological polar surface area (TPSA) is 46.5 Å². The van der Waals surface area contributed by atoms with Crippen molar-refractivity contribution in [3.05, 3.63) is 21.3 Å². The fourth-order valence-electron chi connectivity index (χ4n) is 1.11. The molecule has 0 bridgehead atoms. The van der Waals surface area contributed by atoms with E-state index in [1.54, 1.807) is 12.1 Å². The highest BCUT2D eigenvalue weighted by Gasteiger charge is 2.08. The van der Waals surface area contributed by atoms with E-state index in [0.29, 0.717) is 22.3 Å². The number of ether oxygens (including phenoxy) is 1. The van der Waals surface area contributed by atoms with Crippen LogP contribution in [-0.2, 0) is 11.2 Å². The van der Waals surface area contributed by atoms with Gasteiger partial charge >= 0.3 is 0 Å². The molecule has 0 radical (unpaired) electrons. The minimum Gasteiger partial charge on any atom is -0.504 e. The zero-order chi connectivity index (χ0) is 10.6. The average molecular weight is 306 g/mol. The number of rotatable bonds is 4. The standard InChI is InChI=1S/C10H11IO3/c1-2-14-9-6-7(3-4-12)5-8(11)10(9)13/h4-6,13H,2-3H2,1H3. The van der Waals surface area contributed by atoms with Gasteiger partial charge in [0.25, 0.3) is 0 Å². The first-order chi connectivity index (χ1) is 6.69. The van der Waals surface area contributed by atoms with Crippen LogP contribution < -0.4 is 4.74 Å². The molecule has 1 rings (SSSR count). The summed E-state index contributed by atoms with van der Waals surface area (Å²) in [6, 6.07) is 3.46. The predicted octanol–water partition coefficient (Wildman–Crippen LogP) is 2.14. The maximum atomic E-state index is 10.3. The van der Waals surface area contributed by atoms with Crippen molar-refractivity contribution in [2.45, 2.75) is 13.3 Å². The summed E-state index contributed by atoms with van der Waals surface area (Å²) in [4.78, 5) is 10.3. The second-order valence-corrected chi connectivity index (χ2v) is 3.89. The summed E-state index contributed by atoms with van der Waals surface area (Å²) in [5, 5.41) is 9.60. The summed E-state index contributed by atoms with van der Waals surface area (Å²) in [5.74, 6) is 0.582. The van der Waals surface area contributed by atoms with Crippen molar-refractivity contribution in [3.8, 4) is 11.5 Å². The minimum atomic E-state index is 0.141. The van der Waals surface area contributed by atoms with Crippen molar-refractivity contribution in [1.82, 2.24) is 0 Å². The molecule has 0 aliphatic carbocycles. The Morgan fingerprint density at radius 2 is 2.29 bits per heavy atom. The van der Waals surface area contributed by atoms with Crippen molar-refractivity contribution >= 4 is 28.9 Å². The number of halogens is 1. The fraction of sp³-hybridized carbons (Fsp3) is 0.300. The van der Waals surface area contributed by atoms with Gasteiger partial charge in [-0.3, -0.25) is 0 Å². The Labute approximate surface area is 96.2 Å². The molecule has 0 saturated heterocycles. The van der Waals surface area contributed by atoms with E-state index in [-0.39, 0.29) is 5.75 Å². The van der Waals surface area contributed by atoms with E-state index in [2.05, 4.69) is 0 Å². The number of benzene rings is 1. The molecule has 0 amide bonds. The Hall–Kier alpha value is -0.780. The van der Waals surface area contributed by atoms with Crippen LogP contribution in [0.5, 0.6) is 11.5 Å². The van der Waals surface area contributed by atoms with Crippen LogP contribution in [0, 0.1) is 3.57 Å². The molecule has 0 aromatic heterocycles. The van der Waals surface area contributed by atoms with E-state index < -0.39 is 0 Å². The van der Waals surface area contributed by atoms with E-state index >= 15 is 0 Å². The summed E-state index contributed by atoms with van der Waals surface area (Å²) in [5.41, 5.74) is 0.852. The third-order valence-electron chi connectivity index (χ3n) is 1.71. The Bertz CT molecular complexity index is 336. The molecule has 0 spiro atoms. The van der Waals surface area contributed by atoms with E-state index in [4.69, 9.17) is 4.74 Å². The maximum absolute atomic E-state index is 10.3. The van der Waals surface area contributed by atoms with Crippen LogP contribution in [0.2, 0.25) is 0 Å². The Morgan fingerprint density at radius 3 is 2.86 bits per heavy atom. The van der Waals surface area contributed by atoms with Crippen molar-refractivity contribution in [3.63, 3.8) is 0 Å². The van der Waals surface area contributed by atoms with Gasteiger partial charge < -0.3 is 14.6 Å². The maximum Gasteiger partial charge on any atom is 0.171 e. The number of hydrogen-bond donors (Lipinski definition) is 1. The molecule has 0 aliphatic rings. The normalized spacial score (nSPS) is 9.86. The van der Waals surface area contributed by atoms with Crippen LogP contribution >= 0.6 is 22.6 Å². The molecule has 0 saturated carbocycles. The molecule has 0 aliphatic heterocycles. The van der Waals surface area contributed by atoms with E-state index in [1.165, 1.54) is 0 Å². The van der Waals surface area contributed by atoms with E-state index in [0.717, 1.165) is 11.8 Å². The lowest BCUT2D eigenvalue weighted by atomic mass is 10.1. The largest absolute Gasteiger partial charge is 0.504 e. The summed E-state index contributed by atoms with van der Waals surface area (Å²) < 4.78 is 5.93. The Kier molecular flexibility index (Phi) is 4.19. The number of hydrogen-bond acceptors (Lipinski definition) is 3. The van der Waals surface area contributed by atoms with Crippen molar-refractivity contribution in [2.24, 2.45) is 0 Å². The van der Waals surface area contributed by atoms with Gasteiger partial charge in [-0.2, -0.15) is 0 Å². The quantitative estimate of drug-likeness (QED) is 0.685. The lowest BCUT2D eigenvalue weighted by molar-refractivity contribution is -0.107. The van der Waals surface area contributed by atoms with Gasteiger partial charge in [-0.15, -0.1) is 0 Å². The van der Waals surface area contributed by atoms with Crippen molar-refractivity contribution in [1.29, 1.82) is 0 Å². The van der Waals surface area contributed by atoms with Crippen LogP contribution in [-0.4, -0.2) is 18.0 Å². The first kappa shape index (κ1) is 11.3. The molecule has 3 nitrogen and oxygen atoms in total. The number of carbonyl (C=O) groups is 1. The number of carbonyl (C=O) groups excluding carboxylic acids is 1. The zero-order valence-corrected chi connectivity index (χ0v) is 9.95. The van der Waals surface area contributed by atoms with E-state index in [1.807, 2.05) is 29.5 Å². The van der Waals surface area contributed by atoms with Gasteiger partial charge in [0.15, 0.2) is 11.5 Å². The molecule has 1 aromatic rings. The number of aldehydes is 1. The minimum absolute atomic E-state index is 0.141. The molecule has 0 heterocycles. The first-order valence-corrected chi connectivity index (χ1v) is 5.34. The number of phenols is 1. The molecule has 1 aromatic carbocycles. The summed E-state index contributed by atoms with van der Waals surface area (Å²) in [7, 11) is 0. The van der Waals surface area contributed by atoms with Gasteiger partial charge in [-0.05, 0) is 47.2 Å². The molecular formula is C10H11IO3. The molecule has 76 valence electrons. The van der Waals surface area contributed by atoms with Crippen LogP contribution in [0.1, 0.15) is 12.5 Å². The van der Waals surface area contributed by atoms with Crippen LogP contribution in [0.15, 0.2) is 12.1 Å². The second kappa shape index (κ2) is 5.19. The highest BCUT2D eigenvalue weighted by Crippen LogP contribution is 2.32. The lowest BCUT2D eigenvalue weighted by Crippen LogP contribution is -1.95. The Morgan fingerprint density at radius 1 is 1.57 bits per heavy atom. The average Bonchev–Trinajstić information content (AvgIpc) is 2.14. The molecular weight excluding hydrogens is 295 g/mol. The fourth-order valence-corrected chi connectivity index (χ4v) is 1.77. The molecule has 0 unspecified atom stereocenters. The summed E-state index contributed by atoms with van der Waals surface area (Å²) in [6.45, 7) is 2.34. The van der Waals surface area contributed by atoms with Gasteiger partial charge in [-0.1, -0.05) is 0 Å². The van der Waals surface area contributed by atoms with Gasteiger partial charge in [-0.25, -0.2) is 0 Å². The molecule has 14 heavy (non-hydrogen) atoms. The smallest absolute Gasteiger partial charge is 0.171 e. The van der Waals surface area contributed by atoms with Crippen molar-refractivity contribution in [2.75, 3.05) is 6.61 Å². The molecule has 4 heteroatoms. The van der Waals surface area contributed by atoms with Gasteiger partial charge in [0, 0.05) is 6.42 Å². The van der Waals surface area contributed by atoms with Crippen molar-refractivity contribution < 1.29 is 14.6 Å². The third-order valence-corrected chi connectivity index (χ3v) is 2.53. The molecule has 0 fully saturated rings. The number of aromatic hydroxyl groups is 1. The van der Waals surface area contributed by atoms with Crippen LogP contribution in [0.4, 0.5) is 0 Å². The number of phenolic OH excluding ortho intramolecular Hbond substituents is 1. The predicted molar refractivity (Wildman–Crippen MR) is 61.8 cm³/mol. The highest BCUT2D eigenvalue weighted by atomic mass is 127. The Balaban J connectivity index is 3.06. The second-order valence-electron chi connectivity index (χ2n) is 2.73. The lowest BCUT2D eigenvalue weighted by Gasteiger charge is -2.08. The first-order valence-electron chi connectivity index (χ1n) is 4.26. The highest BCUT2D eigenvalue weighted by molar-refractivity contribution is 14.1. The summed E-state index contributed by atoms with van der Waals surface area (Å²) >= 11 is 2.01. The monoisotopic (exact) mass is 306 g/mol. The molecule has 1 N–H and O–H groups in total. The van der Waals surface area contributed by atoms with Crippen LogP contribution in [0.25, 0.3) is 0 Å². The SMILES string of the molecule is CCOc1cc(CC=O)cc(I)c1O. The van der Waals surface area contributed by atoms with Gasteiger partial charge in [0.05, 0.1) is 10.2 Å². The third kappa shape index (κ3) is 2.60.